The van der Waals surface area contributed by atoms with Crippen molar-refractivity contribution in [1.29, 1.82) is 0 Å². The van der Waals surface area contributed by atoms with Gasteiger partial charge in [-0.1, -0.05) is 19.1 Å². The van der Waals surface area contributed by atoms with Crippen molar-refractivity contribution in [2.75, 3.05) is 0 Å². The second-order valence-electron chi connectivity index (χ2n) is 4.57. The number of hydrogen-bond acceptors (Lipinski definition) is 2. The fourth-order valence-corrected chi connectivity index (χ4v) is 2.19. The molecule has 1 aliphatic rings. The molecule has 0 aromatic heterocycles. The predicted molar refractivity (Wildman–Crippen MR) is 58.4 cm³/mol. The topological polar surface area (TPSA) is 38.0 Å². The van der Waals surface area contributed by atoms with E-state index in [1.54, 1.807) is 6.07 Å². The van der Waals surface area contributed by atoms with Crippen molar-refractivity contribution in [2.45, 2.75) is 25.8 Å². The van der Waals surface area contributed by atoms with Crippen LogP contribution in [-0.2, 0) is 6.42 Å². The first-order chi connectivity index (χ1) is 7.63. The third-order valence-corrected chi connectivity index (χ3v) is 3.37. The molecule has 4 heteroatoms. The van der Waals surface area contributed by atoms with E-state index >= 15 is 0 Å². The fraction of sp³-hybridized carbons (Fsp3) is 0.500. The van der Waals surface area contributed by atoms with Crippen LogP contribution in [0.1, 0.15) is 18.9 Å². The lowest BCUT2D eigenvalue weighted by molar-refractivity contribution is 0.436. The van der Waals surface area contributed by atoms with Gasteiger partial charge in [0.05, 0.1) is 0 Å². The molecular weight excluding hydrogens is 210 g/mol. The molecule has 0 spiro atoms. The van der Waals surface area contributed by atoms with Crippen molar-refractivity contribution in [1.82, 2.24) is 5.43 Å². The quantitative estimate of drug-likeness (QED) is 0.608. The Morgan fingerprint density at radius 2 is 2.19 bits per heavy atom. The van der Waals surface area contributed by atoms with Gasteiger partial charge in [-0.25, -0.2) is 8.78 Å². The van der Waals surface area contributed by atoms with E-state index in [1.165, 1.54) is 6.07 Å². The summed E-state index contributed by atoms with van der Waals surface area (Å²) in [6.07, 6.45) is 1.54. The SMILES string of the molecule is CC1CC1C(Cc1cccc(F)c1F)NN. The number of halogens is 2. The van der Waals surface area contributed by atoms with Crippen molar-refractivity contribution >= 4 is 0 Å². The highest BCUT2D eigenvalue weighted by atomic mass is 19.2. The Morgan fingerprint density at radius 1 is 1.50 bits per heavy atom. The summed E-state index contributed by atoms with van der Waals surface area (Å²) in [7, 11) is 0. The molecule has 3 unspecified atom stereocenters. The lowest BCUT2D eigenvalue weighted by Crippen LogP contribution is -2.39. The molecule has 1 aromatic rings. The second kappa shape index (κ2) is 4.47. The maximum Gasteiger partial charge on any atom is 0.162 e. The lowest BCUT2D eigenvalue weighted by atomic mass is 10.0. The highest BCUT2D eigenvalue weighted by Gasteiger charge is 2.39. The van der Waals surface area contributed by atoms with E-state index in [9.17, 15) is 8.78 Å². The molecule has 88 valence electrons. The number of nitrogens with one attached hydrogen (secondary N) is 1. The van der Waals surface area contributed by atoms with Gasteiger partial charge >= 0.3 is 0 Å². The normalized spacial score (nSPS) is 25.5. The number of rotatable bonds is 4. The number of hydrazine groups is 1. The van der Waals surface area contributed by atoms with Crippen LogP contribution in [0.25, 0.3) is 0 Å². The first-order valence-corrected chi connectivity index (χ1v) is 5.52. The molecule has 1 aliphatic carbocycles. The second-order valence-corrected chi connectivity index (χ2v) is 4.57. The van der Waals surface area contributed by atoms with Gasteiger partial charge in [0.2, 0.25) is 0 Å². The molecule has 0 radical (unpaired) electrons. The smallest absolute Gasteiger partial charge is 0.162 e. The first-order valence-electron chi connectivity index (χ1n) is 5.52. The molecule has 3 atom stereocenters. The standard InChI is InChI=1S/C12H16F2N2/c1-7-5-9(7)11(16-15)6-8-3-2-4-10(13)12(8)14/h2-4,7,9,11,16H,5-6,15H2,1H3. The monoisotopic (exact) mass is 226 g/mol. The van der Waals surface area contributed by atoms with Crippen molar-refractivity contribution < 1.29 is 8.78 Å². The molecular formula is C12H16F2N2. The third-order valence-electron chi connectivity index (χ3n) is 3.37. The van der Waals surface area contributed by atoms with Gasteiger partial charge in [-0.2, -0.15) is 0 Å². The summed E-state index contributed by atoms with van der Waals surface area (Å²) < 4.78 is 26.4. The highest BCUT2D eigenvalue weighted by molar-refractivity contribution is 5.20. The van der Waals surface area contributed by atoms with Crippen LogP contribution in [0.2, 0.25) is 0 Å². The summed E-state index contributed by atoms with van der Waals surface area (Å²) in [4.78, 5) is 0. The van der Waals surface area contributed by atoms with Crippen LogP contribution >= 0.6 is 0 Å². The van der Waals surface area contributed by atoms with Gasteiger partial charge in [-0.05, 0) is 36.3 Å². The predicted octanol–water partition coefficient (Wildman–Crippen LogP) is 2.00. The molecule has 2 nitrogen and oxygen atoms in total. The maximum absolute atomic E-state index is 13.4. The van der Waals surface area contributed by atoms with E-state index in [1.807, 2.05) is 0 Å². The van der Waals surface area contributed by atoms with Crippen LogP contribution in [0.4, 0.5) is 8.78 Å². The molecule has 0 bridgehead atoms. The number of benzene rings is 1. The zero-order chi connectivity index (χ0) is 11.7. The van der Waals surface area contributed by atoms with Crippen molar-refractivity contribution in [3.05, 3.63) is 35.4 Å². The Balaban J connectivity index is 2.10. The van der Waals surface area contributed by atoms with E-state index in [0.29, 0.717) is 23.8 Å². The Morgan fingerprint density at radius 3 is 2.75 bits per heavy atom. The van der Waals surface area contributed by atoms with Crippen LogP contribution in [0.5, 0.6) is 0 Å². The fourth-order valence-electron chi connectivity index (χ4n) is 2.19. The van der Waals surface area contributed by atoms with Crippen molar-refractivity contribution in [2.24, 2.45) is 17.7 Å². The van der Waals surface area contributed by atoms with Gasteiger partial charge in [0.1, 0.15) is 0 Å². The zero-order valence-electron chi connectivity index (χ0n) is 9.21. The minimum atomic E-state index is -0.794. The van der Waals surface area contributed by atoms with E-state index in [0.717, 1.165) is 12.5 Å². The van der Waals surface area contributed by atoms with Gasteiger partial charge in [-0.3, -0.25) is 11.3 Å². The lowest BCUT2D eigenvalue weighted by Gasteiger charge is -2.16. The summed E-state index contributed by atoms with van der Waals surface area (Å²) in [5.74, 6) is 5.00. The average Bonchev–Trinajstić information content (AvgIpc) is 2.98. The van der Waals surface area contributed by atoms with E-state index in [2.05, 4.69) is 12.3 Å². The minimum Gasteiger partial charge on any atom is -0.271 e. The molecule has 3 N–H and O–H groups in total. The van der Waals surface area contributed by atoms with Crippen LogP contribution in [0.3, 0.4) is 0 Å². The molecule has 1 aromatic carbocycles. The molecule has 0 amide bonds. The summed E-state index contributed by atoms with van der Waals surface area (Å²) in [6.45, 7) is 2.14. The van der Waals surface area contributed by atoms with Crippen molar-refractivity contribution in [3.8, 4) is 0 Å². The Bertz CT molecular complexity index is 381. The van der Waals surface area contributed by atoms with Gasteiger partial charge in [0.15, 0.2) is 11.6 Å². The van der Waals surface area contributed by atoms with E-state index in [-0.39, 0.29) is 6.04 Å². The summed E-state index contributed by atoms with van der Waals surface area (Å²) in [5, 5.41) is 0. The number of nitrogens with two attached hydrogens (primary N) is 1. The summed E-state index contributed by atoms with van der Waals surface area (Å²) >= 11 is 0. The average molecular weight is 226 g/mol. The van der Waals surface area contributed by atoms with Gasteiger partial charge in [0, 0.05) is 6.04 Å². The minimum absolute atomic E-state index is 0.0336. The molecule has 2 rings (SSSR count). The van der Waals surface area contributed by atoms with E-state index in [4.69, 9.17) is 5.84 Å². The van der Waals surface area contributed by atoms with Crippen LogP contribution in [-0.4, -0.2) is 6.04 Å². The molecule has 0 saturated heterocycles. The van der Waals surface area contributed by atoms with Gasteiger partial charge < -0.3 is 0 Å². The highest BCUT2D eigenvalue weighted by Crippen LogP contribution is 2.41. The summed E-state index contributed by atoms with van der Waals surface area (Å²) in [5.41, 5.74) is 3.09. The van der Waals surface area contributed by atoms with E-state index < -0.39 is 11.6 Å². The molecule has 0 heterocycles. The molecule has 1 saturated carbocycles. The largest absolute Gasteiger partial charge is 0.271 e. The molecule has 16 heavy (non-hydrogen) atoms. The summed E-state index contributed by atoms with van der Waals surface area (Å²) in [6, 6.07) is 4.29. The first kappa shape index (κ1) is 11.5. The van der Waals surface area contributed by atoms with Crippen LogP contribution in [0.15, 0.2) is 18.2 Å². The Labute approximate surface area is 93.8 Å². The maximum atomic E-state index is 13.4. The van der Waals surface area contributed by atoms with Crippen LogP contribution in [0, 0.1) is 23.5 Å². The van der Waals surface area contributed by atoms with Gasteiger partial charge in [0.25, 0.3) is 0 Å². The van der Waals surface area contributed by atoms with Gasteiger partial charge in [-0.15, -0.1) is 0 Å². The van der Waals surface area contributed by atoms with Crippen LogP contribution < -0.4 is 11.3 Å². The number of hydrogen-bond donors (Lipinski definition) is 2. The molecule has 0 aliphatic heterocycles. The molecule has 1 fully saturated rings. The Kier molecular flexibility index (Phi) is 3.21. The van der Waals surface area contributed by atoms with Crippen molar-refractivity contribution in [3.63, 3.8) is 0 Å². The third kappa shape index (κ3) is 2.23. The Hall–Kier alpha value is -1.00. The zero-order valence-corrected chi connectivity index (χ0v) is 9.21.